The van der Waals surface area contributed by atoms with E-state index in [4.69, 9.17) is 0 Å². The van der Waals surface area contributed by atoms with E-state index in [9.17, 15) is 9.90 Å². The second-order valence-electron chi connectivity index (χ2n) is 4.44. The van der Waals surface area contributed by atoms with E-state index in [0.29, 0.717) is 12.8 Å². The second-order valence-corrected chi connectivity index (χ2v) is 6.21. The van der Waals surface area contributed by atoms with Gasteiger partial charge in [0.15, 0.2) is 0 Å². The first-order valence-corrected chi connectivity index (χ1v) is 7.24. The minimum atomic E-state index is -0.752. The zero-order valence-corrected chi connectivity index (χ0v) is 11.8. The van der Waals surface area contributed by atoms with Gasteiger partial charge in [-0.3, -0.25) is 4.79 Å². The van der Waals surface area contributed by atoms with Gasteiger partial charge < -0.3 is 5.11 Å². The molecule has 1 aromatic carbocycles. The maximum Gasteiger partial charge on any atom is 0.316 e. The lowest BCUT2D eigenvalue weighted by Crippen LogP contribution is -2.19. The lowest BCUT2D eigenvalue weighted by atomic mass is 10.1. The van der Waals surface area contributed by atoms with Gasteiger partial charge in [-0.15, -0.1) is 11.3 Å². The fraction of sp³-hybridized carbons (Fsp3) is 0.231. The highest BCUT2D eigenvalue weighted by Crippen LogP contribution is 2.50. The summed E-state index contributed by atoms with van der Waals surface area (Å²) in [7, 11) is 0. The van der Waals surface area contributed by atoms with E-state index in [1.165, 1.54) is 11.3 Å². The van der Waals surface area contributed by atoms with Gasteiger partial charge in [-0.2, -0.15) is 0 Å². The van der Waals surface area contributed by atoms with Crippen molar-refractivity contribution in [3.8, 4) is 11.3 Å². The summed E-state index contributed by atoms with van der Waals surface area (Å²) < 4.78 is 0.994. The van der Waals surface area contributed by atoms with Gasteiger partial charge in [-0.25, -0.2) is 4.98 Å². The Morgan fingerprint density at radius 1 is 1.44 bits per heavy atom. The quantitative estimate of drug-likeness (QED) is 0.937. The van der Waals surface area contributed by atoms with Crippen LogP contribution in [0.4, 0.5) is 0 Å². The first kappa shape index (κ1) is 11.9. The van der Waals surface area contributed by atoms with Gasteiger partial charge in [0, 0.05) is 15.4 Å². The number of aliphatic carboxylic acids is 1. The normalized spacial score (nSPS) is 16.5. The lowest BCUT2D eigenvalue weighted by molar-refractivity contribution is -0.140. The molecule has 1 aromatic heterocycles. The Morgan fingerprint density at radius 3 is 2.83 bits per heavy atom. The van der Waals surface area contributed by atoms with Crippen LogP contribution in [-0.4, -0.2) is 16.1 Å². The summed E-state index contributed by atoms with van der Waals surface area (Å²) in [4.78, 5) is 15.7. The van der Waals surface area contributed by atoms with Gasteiger partial charge in [0.2, 0.25) is 0 Å². The lowest BCUT2D eigenvalue weighted by Gasteiger charge is -2.04. The second kappa shape index (κ2) is 4.17. The summed E-state index contributed by atoms with van der Waals surface area (Å²) in [6.07, 6.45) is 1.40. The van der Waals surface area contributed by atoms with Crippen LogP contribution >= 0.6 is 27.3 Å². The van der Waals surface area contributed by atoms with Crippen LogP contribution in [0.25, 0.3) is 11.3 Å². The fourth-order valence-corrected chi connectivity index (χ4v) is 3.40. The van der Waals surface area contributed by atoms with Crippen molar-refractivity contribution in [3.63, 3.8) is 0 Å². The zero-order chi connectivity index (χ0) is 12.8. The molecule has 0 atom stereocenters. The highest BCUT2D eigenvalue weighted by Gasteiger charge is 2.54. The van der Waals surface area contributed by atoms with E-state index in [1.807, 2.05) is 29.6 Å². The summed E-state index contributed by atoms with van der Waals surface area (Å²) in [5, 5.41) is 11.9. The zero-order valence-electron chi connectivity index (χ0n) is 9.39. The summed E-state index contributed by atoms with van der Waals surface area (Å²) in [5.41, 5.74) is 1.16. The Hall–Kier alpha value is -1.20. The van der Waals surface area contributed by atoms with Gasteiger partial charge in [0.25, 0.3) is 0 Å². The molecule has 3 rings (SSSR count). The molecular formula is C13H10BrNO2S. The molecule has 1 aliphatic rings. The van der Waals surface area contributed by atoms with Crippen molar-refractivity contribution in [2.45, 2.75) is 18.3 Å². The standard InChI is InChI=1S/C13H10BrNO2S/c14-9-3-1-2-8(6-9)10-7-18-11(15-10)13(4-5-13)12(16)17/h1-3,6-7H,4-5H2,(H,16,17). The first-order chi connectivity index (χ1) is 8.62. The molecule has 1 saturated carbocycles. The summed E-state index contributed by atoms with van der Waals surface area (Å²) in [5.74, 6) is -0.752. The average molecular weight is 324 g/mol. The molecule has 0 spiro atoms. The Morgan fingerprint density at radius 2 is 2.22 bits per heavy atom. The van der Waals surface area contributed by atoms with Crippen LogP contribution in [-0.2, 0) is 10.2 Å². The third-order valence-electron chi connectivity index (χ3n) is 3.19. The summed E-state index contributed by atoms with van der Waals surface area (Å²) in [6, 6.07) is 7.86. The Kier molecular flexibility index (Phi) is 2.75. The molecule has 0 radical (unpaired) electrons. The Balaban J connectivity index is 1.98. The first-order valence-electron chi connectivity index (χ1n) is 5.57. The predicted octanol–water partition coefficient (Wildman–Crippen LogP) is 3.69. The van der Waals surface area contributed by atoms with E-state index in [1.54, 1.807) is 0 Å². The maximum absolute atomic E-state index is 11.2. The molecule has 3 nitrogen and oxygen atoms in total. The fourth-order valence-electron chi connectivity index (χ4n) is 1.92. The van der Waals surface area contributed by atoms with E-state index in [-0.39, 0.29) is 0 Å². The topological polar surface area (TPSA) is 50.2 Å². The molecule has 0 bridgehead atoms. The van der Waals surface area contributed by atoms with Crippen molar-refractivity contribution in [1.82, 2.24) is 4.98 Å². The molecule has 92 valence electrons. The molecule has 5 heteroatoms. The molecule has 1 N–H and O–H groups in total. The number of carboxylic acids is 1. The van der Waals surface area contributed by atoms with E-state index in [2.05, 4.69) is 20.9 Å². The molecule has 0 aliphatic heterocycles. The number of aromatic nitrogens is 1. The largest absolute Gasteiger partial charge is 0.481 e. The molecule has 0 unspecified atom stereocenters. The molecule has 2 aromatic rings. The van der Waals surface area contributed by atoms with Gasteiger partial charge in [-0.05, 0) is 25.0 Å². The Labute approximate surface area is 117 Å². The van der Waals surface area contributed by atoms with Crippen molar-refractivity contribution in [1.29, 1.82) is 0 Å². The predicted molar refractivity (Wildman–Crippen MR) is 73.8 cm³/mol. The number of nitrogens with zero attached hydrogens (tertiary/aromatic N) is 1. The van der Waals surface area contributed by atoms with Crippen molar-refractivity contribution in [2.24, 2.45) is 0 Å². The van der Waals surface area contributed by atoms with E-state index >= 15 is 0 Å². The SMILES string of the molecule is O=C(O)C1(c2nc(-c3cccc(Br)c3)cs2)CC1. The van der Waals surface area contributed by atoms with E-state index in [0.717, 1.165) is 20.7 Å². The van der Waals surface area contributed by atoms with Gasteiger partial charge >= 0.3 is 5.97 Å². The minimum absolute atomic E-state index is 0.699. The van der Waals surface area contributed by atoms with Crippen LogP contribution < -0.4 is 0 Å². The van der Waals surface area contributed by atoms with Crippen molar-refractivity contribution < 1.29 is 9.90 Å². The van der Waals surface area contributed by atoms with Gasteiger partial charge in [-0.1, -0.05) is 28.1 Å². The van der Waals surface area contributed by atoms with Crippen molar-refractivity contribution in [2.75, 3.05) is 0 Å². The smallest absolute Gasteiger partial charge is 0.316 e. The minimum Gasteiger partial charge on any atom is -0.481 e. The van der Waals surface area contributed by atoms with Crippen molar-refractivity contribution >= 4 is 33.2 Å². The van der Waals surface area contributed by atoms with Crippen LogP contribution in [0, 0.1) is 0 Å². The van der Waals surface area contributed by atoms with Crippen LogP contribution in [0.15, 0.2) is 34.1 Å². The molecular weight excluding hydrogens is 314 g/mol. The number of hydrogen-bond donors (Lipinski definition) is 1. The van der Waals surface area contributed by atoms with Crippen LogP contribution in [0.3, 0.4) is 0 Å². The third kappa shape index (κ3) is 1.87. The number of carboxylic acid groups (broad SMARTS) is 1. The van der Waals surface area contributed by atoms with Crippen LogP contribution in [0.2, 0.25) is 0 Å². The summed E-state index contributed by atoms with van der Waals surface area (Å²) in [6.45, 7) is 0. The number of thiazole rings is 1. The number of halogens is 1. The maximum atomic E-state index is 11.2. The van der Waals surface area contributed by atoms with Crippen LogP contribution in [0.5, 0.6) is 0 Å². The molecule has 1 fully saturated rings. The third-order valence-corrected chi connectivity index (χ3v) is 4.73. The average Bonchev–Trinajstić information content (AvgIpc) is 3.01. The summed E-state index contributed by atoms with van der Waals surface area (Å²) >= 11 is 4.86. The highest BCUT2D eigenvalue weighted by molar-refractivity contribution is 9.10. The molecule has 1 aliphatic carbocycles. The number of hydrogen-bond acceptors (Lipinski definition) is 3. The molecule has 1 heterocycles. The van der Waals surface area contributed by atoms with Crippen LogP contribution in [0.1, 0.15) is 17.8 Å². The molecule has 18 heavy (non-hydrogen) atoms. The number of rotatable bonds is 3. The Bertz CT molecular complexity index is 619. The molecule has 0 amide bonds. The number of carbonyl (C=O) groups is 1. The van der Waals surface area contributed by atoms with E-state index < -0.39 is 11.4 Å². The highest BCUT2D eigenvalue weighted by atomic mass is 79.9. The monoisotopic (exact) mass is 323 g/mol. The number of benzene rings is 1. The van der Waals surface area contributed by atoms with Crippen molar-refractivity contribution in [3.05, 3.63) is 39.1 Å². The van der Waals surface area contributed by atoms with Gasteiger partial charge in [0.05, 0.1) is 5.69 Å². The van der Waals surface area contributed by atoms with Gasteiger partial charge in [0.1, 0.15) is 10.4 Å². The molecule has 0 saturated heterocycles.